The molecule has 2 aromatic rings. The molecule has 0 bridgehead atoms. The highest BCUT2D eigenvalue weighted by Gasteiger charge is 2.13. The molecule has 0 N–H and O–H groups in total. The van der Waals surface area contributed by atoms with Gasteiger partial charge in [0, 0.05) is 10.9 Å². The second-order valence-corrected chi connectivity index (χ2v) is 5.76. The second-order valence-electron chi connectivity index (χ2n) is 5.01. The van der Waals surface area contributed by atoms with Crippen LogP contribution >= 0.6 is 23.2 Å². The van der Waals surface area contributed by atoms with Gasteiger partial charge in [0.25, 0.3) is 0 Å². The zero-order valence-electron chi connectivity index (χ0n) is 11.8. The third kappa shape index (κ3) is 4.62. The Morgan fingerprint density at radius 3 is 2.43 bits per heavy atom. The van der Waals surface area contributed by atoms with E-state index in [0.29, 0.717) is 10.9 Å². The summed E-state index contributed by atoms with van der Waals surface area (Å²) in [6.45, 7) is 0. The molecule has 0 aromatic heterocycles. The fraction of sp³-hybridized carbons (Fsp3) is 0.294. The van der Waals surface area contributed by atoms with Gasteiger partial charge in [-0.3, -0.25) is 0 Å². The molecule has 0 amide bonds. The van der Waals surface area contributed by atoms with Crippen molar-refractivity contribution in [3.05, 3.63) is 64.4 Å². The van der Waals surface area contributed by atoms with Gasteiger partial charge in [0.05, 0.1) is 7.11 Å². The van der Waals surface area contributed by atoms with Gasteiger partial charge in [0.2, 0.25) is 0 Å². The molecule has 21 heavy (non-hydrogen) atoms. The van der Waals surface area contributed by atoms with Crippen LogP contribution in [0, 0.1) is 11.7 Å². The highest BCUT2D eigenvalue weighted by atomic mass is 35.5. The predicted molar refractivity (Wildman–Crippen MR) is 86.0 cm³/mol. The van der Waals surface area contributed by atoms with E-state index in [1.807, 2.05) is 12.1 Å². The Bertz CT molecular complexity index is 584. The summed E-state index contributed by atoms with van der Waals surface area (Å²) in [6.07, 6.45) is 1.56. The molecule has 1 nitrogen and oxygen atoms in total. The summed E-state index contributed by atoms with van der Waals surface area (Å²) in [5.74, 6) is 1.35. The van der Waals surface area contributed by atoms with Gasteiger partial charge < -0.3 is 4.74 Å². The molecule has 2 rings (SSSR count). The van der Waals surface area contributed by atoms with Crippen LogP contribution in [0.3, 0.4) is 0 Å². The van der Waals surface area contributed by atoms with Gasteiger partial charge in [-0.05, 0) is 60.2 Å². The molecule has 0 saturated carbocycles. The Morgan fingerprint density at radius 2 is 1.81 bits per heavy atom. The normalized spacial score (nSPS) is 12.2. The highest BCUT2D eigenvalue weighted by molar-refractivity contribution is 6.30. The summed E-state index contributed by atoms with van der Waals surface area (Å²) < 4.78 is 18.3. The van der Waals surface area contributed by atoms with E-state index in [4.69, 9.17) is 27.9 Å². The van der Waals surface area contributed by atoms with E-state index < -0.39 is 0 Å². The number of ether oxygens (including phenoxy) is 1. The van der Waals surface area contributed by atoms with Crippen molar-refractivity contribution in [3.63, 3.8) is 0 Å². The lowest BCUT2D eigenvalue weighted by molar-refractivity contribution is 0.405. The molecule has 0 aliphatic heterocycles. The Hall–Kier alpha value is -1.25. The van der Waals surface area contributed by atoms with Crippen LogP contribution in [0.2, 0.25) is 5.02 Å². The minimum Gasteiger partial charge on any atom is -0.496 e. The van der Waals surface area contributed by atoms with Gasteiger partial charge in [-0.15, -0.1) is 11.6 Å². The summed E-state index contributed by atoms with van der Waals surface area (Å²) in [6, 6.07) is 12.1. The molecule has 0 heterocycles. The smallest absolute Gasteiger partial charge is 0.123 e. The number of methoxy groups -OCH3 is 1. The van der Waals surface area contributed by atoms with Crippen molar-refractivity contribution in [2.75, 3.05) is 13.0 Å². The van der Waals surface area contributed by atoms with Crippen molar-refractivity contribution in [3.8, 4) is 5.75 Å². The maximum absolute atomic E-state index is 12.9. The molecular weight excluding hydrogens is 310 g/mol. The molecule has 0 spiro atoms. The first-order valence-corrected chi connectivity index (χ1v) is 7.66. The lowest BCUT2D eigenvalue weighted by Gasteiger charge is -2.16. The molecular formula is C17H17Cl2FO. The maximum Gasteiger partial charge on any atom is 0.123 e. The van der Waals surface area contributed by atoms with Crippen molar-refractivity contribution in [2.24, 2.45) is 5.92 Å². The molecule has 0 saturated heterocycles. The summed E-state index contributed by atoms with van der Waals surface area (Å²) >= 11 is 12.1. The minimum atomic E-state index is -0.224. The quantitative estimate of drug-likeness (QED) is 0.669. The minimum absolute atomic E-state index is 0.224. The number of rotatable bonds is 6. The van der Waals surface area contributed by atoms with E-state index in [2.05, 4.69) is 0 Å². The monoisotopic (exact) mass is 326 g/mol. The van der Waals surface area contributed by atoms with Gasteiger partial charge in [0.1, 0.15) is 11.6 Å². The maximum atomic E-state index is 12.9. The van der Waals surface area contributed by atoms with Gasteiger partial charge in [-0.1, -0.05) is 23.7 Å². The largest absolute Gasteiger partial charge is 0.496 e. The van der Waals surface area contributed by atoms with E-state index in [9.17, 15) is 4.39 Å². The standard InChI is InChI=1S/C17H17Cl2FO/c1-21-17-7-4-15(19)10-14(17)9-13(11-18)8-12-2-5-16(20)6-3-12/h2-7,10,13H,8-9,11H2,1H3. The molecule has 112 valence electrons. The molecule has 1 atom stereocenters. The number of benzene rings is 2. The third-order valence-corrected chi connectivity index (χ3v) is 4.08. The van der Waals surface area contributed by atoms with E-state index >= 15 is 0 Å². The fourth-order valence-corrected chi connectivity index (χ4v) is 2.77. The lowest BCUT2D eigenvalue weighted by Crippen LogP contribution is -2.11. The molecule has 2 aromatic carbocycles. The van der Waals surface area contributed by atoms with Crippen LogP contribution in [0.5, 0.6) is 5.75 Å². The molecule has 0 aliphatic rings. The van der Waals surface area contributed by atoms with Gasteiger partial charge in [-0.25, -0.2) is 4.39 Å². The van der Waals surface area contributed by atoms with E-state index in [-0.39, 0.29) is 11.7 Å². The van der Waals surface area contributed by atoms with Gasteiger partial charge >= 0.3 is 0 Å². The Morgan fingerprint density at radius 1 is 1.10 bits per heavy atom. The van der Waals surface area contributed by atoms with E-state index in [1.165, 1.54) is 12.1 Å². The third-order valence-electron chi connectivity index (χ3n) is 3.41. The van der Waals surface area contributed by atoms with Crippen molar-refractivity contribution in [2.45, 2.75) is 12.8 Å². The molecule has 0 fully saturated rings. The van der Waals surface area contributed by atoms with E-state index in [1.54, 1.807) is 25.3 Å². The van der Waals surface area contributed by atoms with E-state index in [0.717, 1.165) is 29.7 Å². The number of alkyl halides is 1. The summed E-state index contributed by atoms with van der Waals surface area (Å²) in [7, 11) is 1.64. The lowest BCUT2D eigenvalue weighted by atomic mass is 9.93. The zero-order chi connectivity index (χ0) is 15.2. The average molecular weight is 327 g/mol. The molecule has 4 heteroatoms. The summed E-state index contributed by atoms with van der Waals surface area (Å²) in [4.78, 5) is 0. The average Bonchev–Trinajstić information content (AvgIpc) is 2.49. The predicted octanol–water partition coefficient (Wildman–Crippen LogP) is 5.13. The van der Waals surface area contributed by atoms with Crippen molar-refractivity contribution in [1.29, 1.82) is 0 Å². The second kappa shape index (κ2) is 7.67. The van der Waals surface area contributed by atoms with Crippen molar-refractivity contribution < 1.29 is 9.13 Å². The molecule has 1 unspecified atom stereocenters. The van der Waals surface area contributed by atoms with Crippen LogP contribution in [0.1, 0.15) is 11.1 Å². The van der Waals surface area contributed by atoms with Crippen LogP contribution < -0.4 is 4.74 Å². The number of hydrogen-bond acceptors (Lipinski definition) is 1. The Balaban J connectivity index is 2.11. The zero-order valence-corrected chi connectivity index (χ0v) is 13.3. The topological polar surface area (TPSA) is 9.23 Å². The first kappa shape index (κ1) is 16.1. The first-order valence-electron chi connectivity index (χ1n) is 6.75. The van der Waals surface area contributed by atoms with Crippen LogP contribution in [-0.2, 0) is 12.8 Å². The number of hydrogen-bond donors (Lipinski definition) is 0. The first-order chi connectivity index (χ1) is 10.1. The van der Waals surface area contributed by atoms with Crippen LogP contribution in [-0.4, -0.2) is 13.0 Å². The molecule has 0 aliphatic carbocycles. The van der Waals surface area contributed by atoms with Gasteiger partial charge in [-0.2, -0.15) is 0 Å². The van der Waals surface area contributed by atoms with Gasteiger partial charge in [0.15, 0.2) is 0 Å². The summed E-state index contributed by atoms with van der Waals surface area (Å²) in [5, 5.41) is 0.681. The van der Waals surface area contributed by atoms with Crippen LogP contribution in [0.25, 0.3) is 0 Å². The Kier molecular flexibility index (Phi) is 5.89. The van der Waals surface area contributed by atoms with Crippen LogP contribution in [0.15, 0.2) is 42.5 Å². The molecule has 0 radical (unpaired) electrons. The number of halogens is 3. The van der Waals surface area contributed by atoms with Crippen molar-refractivity contribution in [1.82, 2.24) is 0 Å². The van der Waals surface area contributed by atoms with Crippen LogP contribution in [0.4, 0.5) is 4.39 Å². The highest BCUT2D eigenvalue weighted by Crippen LogP contribution is 2.27. The van der Waals surface area contributed by atoms with Crippen molar-refractivity contribution >= 4 is 23.2 Å². The fourth-order valence-electron chi connectivity index (χ4n) is 2.35. The Labute approximate surface area is 134 Å². The summed E-state index contributed by atoms with van der Waals surface area (Å²) in [5.41, 5.74) is 2.11. The SMILES string of the molecule is COc1ccc(Cl)cc1CC(CCl)Cc1ccc(F)cc1.